The van der Waals surface area contributed by atoms with Gasteiger partial charge in [-0.2, -0.15) is 0 Å². The Morgan fingerprint density at radius 3 is 2.55 bits per heavy atom. The summed E-state index contributed by atoms with van der Waals surface area (Å²) in [6.07, 6.45) is 4.95. The Morgan fingerprint density at radius 1 is 1.03 bits per heavy atom. The van der Waals surface area contributed by atoms with E-state index in [0.717, 1.165) is 31.5 Å². The fraction of sp³-hybridized carbons (Fsp3) is 0.409. The summed E-state index contributed by atoms with van der Waals surface area (Å²) in [5.41, 5.74) is 1.67. The molecular weight excluding hydrogens is 370 g/mol. The Bertz CT molecular complexity index is 938. The van der Waals surface area contributed by atoms with Crippen molar-refractivity contribution in [2.45, 2.75) is 32.7 Å². The van der Waals surface area contributed by atoms with Gasteiger partial charge in [0.1, 0.15) is 5.82 Å². The molecule has 0 radical (unpaired) electrons. The fourth-order valence-electron chi connectivity index (χ4n) is 3.97. The summed E-state index contributed by atoms with van der Waals surface area (Å²) in [6.45, 7) is 4.29. The summed E-state index contributed by atoms with van der Waals surface area (Å²) in [5, 5.41) is 0. The summed E-state index contributed by atoms with van der Waals surface area (Å²) in [6, 6.07) is 7.09. The number of rotatable bonds is 6. The minimum absolute atomic E-state index is 0.176. The van der Waals surface area contributed by atoms with Crippen LogP contribution in [0.3, 0.4) is 0 Å². The number of aromatic nitrogens is 1. The fourth-order valence-corrected chi connectivity index (χ4v) is 3.97. The molecule has 4 rings (SSSR count). The molecule has 0 spiro atoms. The average molecular weight is 395 g/mol. The number of imide groups is 1. The van der Waals surface area contributed by atoms with E-state index < -0.39 is 0 Å². The van der Waals surface area contributed by atoms with E-state index >= 15 is 0 Å². The molecule has 2 amide bonds. The highest BCUT2D eigenvalue weighted by atomic mass is 16.5. The van der Waals surface area contributed by atoms with Crippen LogP contribution in [0.15, 0.2) is 30.5 Å². The number of methoxy groups -OCH3 is 1. The number of hydrogen-bond acceptors (Lipinski definition) is 6. The SMILES string of the molecule is CCOc1cc(CN2C(=O)c3ccnc(N4CCCCC4)c3C2=O)ccc1OC. The van der Waals surface area contributed by atoms with Gasteiger partial charge in [0.15, 0.2) is 11.5 Å². The number of ether oxygens (including phenoxy) is 2. The van der Waals surface area contributed by atoms with Gasteiger partial charge in [0.05, 0.1) is 31.4 Å². The first kappa shape index (κ1) is 19.2. The van der Waals surface area contributed by atoms with Crippen LogP contribution >= 0.6 is 0 Å². The molecule has 1 saturated heterocycles. The van der Waals surface area contributed by atoms with Gasteiger partial charge in [0.25, 0.3) is 11.8 Å². The number of carbonyl (C=O) groups is 2. The predicted molar refractivity (Wildman–Crippen MR) is 109 cm³/mol. The normalized spacial score (nSPS) is 16.2. The van der Waals surface area contributed by atoms with Crippen LogP contribution in [-0.2, 0) is 6.54 Å². The van der Waals surface area contributed by atoms with Gasteiger partial charge in [-0.05, 0) is 49.9 Å². The zero-order valence-electron chi connectivity index (χ0n) is 16.8. The molecule has 1 aromatic heterocycles. The molecular formula is C22H25N3O4. The van der Waals surface area contributed by atoms with Gasteiger partial charge in [-0.3, -0.25) is 14.5 Å². The van der Waals surface area contributed by atoms with E-state index in [4.69, 9.17) is 9.47 Å². The number of fused-ring (bicyclic) bond motifs is 1. The van der Waals surface area contributed by atoms with Crippen LogP contribution in [0.5, 0.6) is 11.5 Å². The van der Waals surface area contributed by atoms with Crippen molar-refractivity contribution in [2.24, 2.45) is 0 Å². The minimum Gasteiger partial charge on any atom is -0.493 e. The molecule has 3 heterocycles. The molecule has 0 bridgehead atoms. The lowest BCUT2D eigenvalue weighted by Gasteiger charge is -2.28. The van der Waals surface area contributed by atoms with E-state index in [1.54, 1.807) is 25.4 Å². The van der Waals surface area contributed by atoms with E-state index in [-0.39, 0.29) is 18.4 Å². The van der Waals surface area contributed by atoms with Crippen LogP contribution < -0.4 is 14.4 Å². The van der Waals surface area contributed by atoms with Gasteiger partial charge in [0, 0.05) is 19.3 Å². The van der Waals surface area contributed by atoms with Gasteiger partial charge in [-0.1, -0.05) is 6.07 Å². The number of hydrogen-bond donors (Lipinski definition) is 0. The summed E-state index contributed by atoms with van der Waals surface area (Å²) in [7, 11) is 1.58. The highest BCUT2D eigenvalue weighted by Crippen LogP contribution is 2.34. The number of pyridine rings is 1. The molecule has 0 unspecified atom stereocenters. The number of amides is 2. The second kappa shape index (κ2) is 8.11. The van der Waals surface area contributed by atoms with Gasteiger partial charge >= 0.3 is 0 Å². The van der Waals surface area contributed by atoms with Crippen molar-refractivity contribution in [1.82, 2.24) is 9.88 Å². The van der Waals surface area contributed by atoms with Crippen LogP contribution in [0.25, 0.3) is 0 Å². The molecule has 152 valence electrons. The maximum atomic E-state index is 13.2. The number of carbonyl (C=O) groups excluding carboxylic acids is 2. The summed E-state index contributed by atoms with van der Waals surface area (Å²) < 4.78 is 10.9. The molecule has 0 saturated carbocycles. The van der Waals surface area contributed by atoms with Crippen LogP contribution in [0.1, 0.15) is 52.5 Å². The first-order valence-corrected chi connectivity index (χ1v) is 10.0. The van der Waals surface area contributed by atoms with E-state index in [2.05, 4.69) is 9.88 Å². The van der Waals surface area contributed by atoms with Crippen molar-refractivity contribution >= 4 is 17.6 Å². The highest BCUT2D eigenvalue weighted by Gasteiger charge is 2.39. The molecule has 1 aromatic carbocycles. The third-order valence-electron chi connectivity index (χ3n) is 5.39. The molecule has 1 fully saturated rings. The molecule has 0 aliphatic carbocycles. The second-order valence-corrected chi connectivity index (χ2v) is 7.22. The van der Waals surface area contributed by atoms with Gasteiger partial charge < -0.3 is 14.4 Å². The quantitative estimate of drug-likeness (QED) is 0.699. The average Bonchev–Trinajstić information content (AvgIpc) is 3.00. The Hall–Kier alpha value is -3.09. The lowest BCUT2D eigenvalue weighted by atomic mass is 10.1. The molecule has 7 nitrogen and oxygen atoms in total. The third-order valence-corrected chi connectivity index (χ3v) is 5.39. The Kier molecular flexibility index (Phi) is 5.38. The van der Waals surface area contributed by atoms with E-state index in [9.17, 15) is 9.59 Å². The molecule has 29 heavy (non-hydrogen) atoms. The van der Waals surface area contributed by atoms with Crippen LogP contribution in [-0.4, -0.2) is 48.5 Å². The summed E-state index contributed by atoms with van der Waals surface area (Å²) >= 11 is 0. The largest absolute Gasteiger partial charge is 0.493 e. The van der Waals surface area contributed by atoms with Crippen molar-refractivity contribution in [3.8, 4) is 11.5 Å². The van der Waals surface area contributed by atoms with Crippen molar-refractivity contribution < 1.29 is 19.1 Å². The second-order valence-electron chi connectivity index (χ2n) is 7.22. The lowest BCUT2D eigenvalue weighted by molar-refractivity contribution is 0.0642. The third kappa shape index (κ3) is 3.52. The first-order chi connectivity index (χ1) is 14.1. The Morgan fingerprint density at radius 2 is 1.83 bits per heavy atom. The molecule has 2 aliphatic rings. The van der Waals surface area contributed by atoms with E-state index in [1.165, 1.54) is 11.3 Å². The zero-order chi connectivity index (χ0) is 20.4. The van der Waals surface area contributed by atoms with Crippen LogP contribution in [0.4, 0.5) is 5.82 Å². The first-order valence-electron chi connectivity index (χ1n) is 10.0. The highest BCUT2D eigenvalue weighted by molar-refractivity contribution is 6.23. The standard InChI is InChI=1S/C22H25N3O4/c1-3-29-18-13-15(7-8-17(18)28-2)14-25-21(26)16-9-10-23-20(19(16)22(25)27)24-11-5-4-6-12-24/h7-10,13H,3-6,11-12,14H2,1-2H3. The summed E-state index contributed by atoms with van der Waals surface area (Å²) in [4.78, 5) is 34.0. The topological polar surface area (TPSA) is 72.0 Å². The van der Waals surface area contributed by atoms with E-state index in [1.807, 2.05) is 19.1 Å². The zero-order valence-corrected chi connectivity index (χ0v) is 16.8. The summed E-state index contributed by atoms with van der Waals surface area (Å²) in [5.74, 6) is 1.29. The maximum absolute atomic E-state index is 13.2. The van der Waals surface area contributed by atoms with Gasteiger partial charge in [-0.15, -0.1) is 0 Å². The molecule has 0 N–H and O–H groups in total. The van der Waals surface area contributed by atoms with Crippen LogP contribution in [0.2, 0.25) is 0 Å². The van der Waals surface area contributed by atoms with Crippen molar-refractivity contribution in [3.05, 3.63) is 47.2 Å². The number of benzene rings is 1. The smallest absolute Gasteiger partial charge is 0.265 e. The minimum atomic E-state index is -0.285. The molecule has 0 atom stereocenters. The number of nitrogens with zero attached hydrogens (tertiary/aromatic N) is 3. The van der Waals surface area contributed by atoms with Gasteiger partial charge in [0.2, 0.25) is 0 Å². The van der Waals surface area contributed by atoms with E-state index in [0.29, 0.717) is 35.1 Å². The Labute approximate surface area is 170 Å². The maximum Gasteiger partial charge on any atom is 0.265 e. The predicted octanol–water partition coefficient (Wildman–Crippen LogP) is 3.28. The molecule has 2 aliphatic heterocycles. The monoisotopic (exact) mass is 395 g/mol. The van der Waals surface area contributed by atoms with Gasteiger partial charge in [-0.25, -0.2) is 4.98 Å². The van der Waals surface area contributed by atoms with Crippen molar-refractivity contribution in [2.75, 3.05) is 31.7 Å². The molecule has 7 heteroatoms. The number of piperidine rings is 1. The van der Waals surface area contributed by atoms with Crippen molar-refractivity contribution in [1.29, 1.82) is 0 Å². The van der Waals surface area contributed by atoms with Crippen molar-refractivity contribution in [3.63, 3.8) is 0 Å². The number of anilines is 1. The Balaban J connectivity index is 1.62. The molecule has 2 aromatic rings. The lowest BCUT2D eigenvalue weighted by Crippen LogP contribution is -2.33. The van der Waals surface area contributed by atoms with Crippen LogP contribution in [0, 0.1) is 0 Å².